The predicted octanol–water partition coefficient (Wildman–Crippen LogP) is 2.06. The van der Waals surface area contributed by atoms with Gasteiger partial charge in [0.25, 0.3) is 0 Å². The van der Waals surface area contributed by atoms with Gasteiger partial charge in [-0.1, -0.05) is 6.92 Å². The lowest BCUT2D eigenvalue weighted by atomic mass is 10.0. The Morgan fingerprint density at radius 2 is 2.38 bits per heavy atom. The normalized spacial score (nSPS) is 12.8. The first-order valence-corrected chi connectivity index (χ1v) is 4.73. The number of hydrogen-bond acceptors (Lipinski definition) is 2. The number of H-pyrrole nitrogens is 1. The van der Waals surface area contributed by atoms with Crippen LogP contribution in [0.1, 0.15) is 30.5 Å². The minimum atomic E-state index is -0.794. The quantitative estimate of drug-likeness (QED) is 0.859. The minimum Gasteiger partial charge on any atom is -0.481 e. The molecule has 0 radical (unpaired) electrons. The highest BCUT2D eigenvalue weighted by Gasteiger charge is 2.16. The van der Waals surface area contributed by atoms with Crippen LogP contribution in [0.25, 0.3) is 0 Å². The molecular formula is C8H11BrN2O2. The summed E-state index contributed by atoms with van der Waals surface area (Å²) < 4.78 is 0.750. The molecule has 0 aliphatic heterocycles. The third-order valence-electron chi connectivity index (χ3n) is 1.96. The molecule has 0 aliphatic carbocycles. The number of rotatable bonds is 3. The molecule has 2 N–H and O–H groups in total. The highest BCUT2D eigenvalue weighted by Crippen LogP contribution is 2.24. The number of carboxylic acid groups (broad SMARTS) is 1. The summed E-state index contributed by atoms with van der Waals surface area (Å²) in [5.41, 5.74) is 1.86. The smallest absolute Gasteiger partial charge is 0.304 e. The van der Waals surface area contributed by atoms with Gasteiger partial charge < -0.3 is 5.11 Å². The van der Waals surface area contributed by atoms with Crippen LogP contribution in [0.4, 0.5) is 0 Å². The fourth-order valence-corrected chi connectivity index (χ4v) is 1.53. The van der Waals surface area contributed by atoms with Crippen molar-refractivity contribution >= 4 is 21.9 Å². The maximum atomic E-state index is 10.5. The van der Waals surface area contributed by atoms with Crippen LogP contribution < -0.4 is 0 Å². The largest absolute Gasteiger partial charge is 0.481 e. The van der Waals surface area contributed by atoms with Crippen molar-refractivity contribution in [3.8, 4) is 0 Å². The fourth-order valence-electron chi connectivity index (χ4n) is 1.23. The monoisotopic (exact) mass is 246 g/mol. The zero-order valence-electron chi connectivity index (χ0n) is 7.47. The number of hydrogen-bond donors (Lipinski definition) is 2. The lowest BCUT2D eigenvalue weighted by Crippen LogP contribution is -2.04. The van der Waals surface area contributed by atoms with Crippen molar-refractivity contribution in [2.45, 2.75) is 26.2 Å². The molecule has 5 heteroatoms. The van der Waals surface area contributed by atoms with Gasteiger partial charge in [-0.25, -0.2) is 0 Å². The van der Waals surface area contributed by atoms with E-state index in [0.717, 1.165) is 15.9 Å². The Labute approximate surface area is 84.5 Å². The average molecular weight is 247 g/mol. The van der Waals surface area contributed by atoms with Gasteiger partial charge in [-0.2, -0.15) is 5.10 Å². The Balaban J connectivity index is 2.82. The molecule has 4 nitrogen and oxygen atoms in total. The summed E-state index contributed by atoms with van der Waals surface area (Å²) in [7, 11) is 0. The van der Waals surface area contributed by atoms with Gasteiger partial charge in [-0.3, -0.25) is 9.89 Å². The van der Waals surface area contributed by atoms with Crippen LogP contribution in [0.3, 0.4) is 0 Å². The third kappa shape index (κ3) is 2.30. The number of carbonyl (C=O) groups is 1. The van der Waals surface area contributed by atoms with Gasteiger partial charge in [-0.05, 0) is 22.9 Å². The van der Waals surface area contributed by atoms with E-state index in [9.17, 15) is 4.79 Å². The third-order valence-corrected chi connectivity index (χ3v) is 2.73. The zero-order valence-corrected chi connectivity index (χ0v) is 9.05. The molecule has 0 saturated carbocycles. The van der Waals surface area contributed by atoms with Gasteiger partial charge >= 0.3 is 5.97 Å². The lowest BCUT2D eigenvalue weighted by molar-refractivity contribution is -0.137. The van der Waals surface area contributed by atoms with Crippen LogP contribution in [0.5, 0.6) is 0 Å². The number of aliphatic carboxylic acids is 1. The second-order valence-corrected chi connectivity index (χ2v) is 3.80. The Morgan fingerprint density at radius 1 is 1.77 bits per heavy atom. The molecule has 13 heavy (non-hydrogen) atoms. The molecule has 1 unspecified atom stereocenters. The van der Waals surface area contributed by atoms with Crippen molar-refractivity contribution in [2.24, 2.45) is 0 Å². The Hall–Kier alpha value is -0.840. The summed E-state index contributed by atoms with van der Waals surface area (Å²) in [6.07, 6.45) is 0.121. The molecule has 1 aromatic rings. The van der Waals surface area contributed by atoms with Crippen LogP contribution in [-0.2, 0) is 4.79 Å². The first-order chi connectivity index (χ1) is 6.02. The topological polar surface area (TPSA) is 66.0 Å². The number of aromatic amines is 1. The maximum Gasteiger partial charge on any atom is 0.304 e. The first-order valence-electron chi connectivity index (χ1n) is 3.94. The minimum absolute atomic E-state index is 0.0312. The van der Waals surface area contributed by atoms with E-state index in [4.69, 9.17) is 5.11 Å². The second-order valence-electron chi connectivity index (χ2n) is 3.05. The molecule has 0 spiro atoms. The van der Waals surface area contributed by atoms with E-state index in [2.05, 4.69) is 26.1 Å². The molecule has 0 saturated heterocycles. The standard InChI is InChI=1S/C8H11BrN2O2/c1-4(3-6(12)13)7-5(2)8(9)11-10-7/h4H,3H2,1-2H3,(H,10,11)(H,12,13). The molecule has 1 rings (SSSR count). The molecule has 1 heterocycles. The molecule has 1 aromatic heterocycles. The summed E-state index contributed by atoms with van der Waals surface area (Å²) in [6, 6.07) is 0. The van der Waals surface area contributed by atoms with Gasteiger partial charge in [0.15, 0.2) is 0 Å². The Kier molecular flexibility index (Phi) is 3.08. The van der Waals surface area contributed by atoms with Gasteiger partial charge in [-0.15, -0.1) is 0 Å². The number of halogens is 1. The maximum absolute atomic E-state index is 10.5. The number of nitrogens with zero attached hydrogens (tertiary/aromatic N) is 1. The van der Waals surface area contributed by atoms with Crippen LogP contribution in [0, 0.1) is 6.92 Å². The van der Waals surface area contributed by atoms with E-state index in [0.29, 0.717) is 0 Å². The van der Waals surface area contributed by atoms with E-state index < -0.39 is 5.97 Å². The predicted molar refractivity (Wildman–Crippen MR) is 51.7 cm³/mol. The molecule has 0 fully saturated rings. The van der Waals surface area contributed by atoms with E-state index in [1.54, 1.807) is 0 Å². The lowest BCUT2D eigenvalue weighted by Gasteiger charge is -2.06. The average Bonchev–Trinajstić information content (AvgIpc) is 2.31. The molecule has 1 atom stereocenters. The highest BCUT2D eigenvalue weighted by atomic mass is 79.9. The zero-order chi connectivity index (χ0) is 10.0. The van der Waals surface area contributed by atoms with E-state index >= 15 is 0 Å². The van der Waals surface area contributed by atoms with Gasteiger partial charge in [0, 0.05) is 17.2 Å². The van der Waals surface area contributed by atoms with Crippen LogP contribution >= 0.6 is 15.9 Å². The number of aromatic nitrogens is 2. The fraction of sp³-hybridized carbons (Fsp3) is 0.500. The summed E-state index contributed by atoms with van der Waals surface area (Å²) in [4.78, 5) is 10.5. The molecular weight excluding hydrogens is 236 g/mol. The van der Waals surface area contributed by atoms with Crippen molar-refractivity contribution < 1.29 is 9.90 Å². The van der Waals surface area contributed by atoms with Crippen LogP contribution in [0.2, 0.25) is 0 Å². The molecule has 72 valence electrons. The Morgan fingerprint density at radius 3 is 2.77 bits per heavy atom. The summed E-state index contributed by atoms with van der Waals surface area (Å²) in [5.74, 6) is -0.825. The molecule has 0 aliphatic rings. The summed E-state index contributed by atoms with van der Waals surface area (Å²) in [6.45, 7) is 3.77. The molecule has 0 bridgehead atoms. The number of carboxylic acids is 1. The highest BCUT2D eigenvalue weighted by molar-refractivity contribution is 9.10. The van der Waals surface area contributed by atoms with Crippen molar-refractivity contribution in [1.82, 2.24) is 10.2 Å². The van der Waals surface area contributed by atoms with Gasteiger partial charge in [0.1, 0.15) is 4.60 Å². The van der Waals surface area contributed by atoms with Crippen molar-refractivity contribution in [3.05, 3.63) is 15.9 Å². The van der Waals surface area contributed by atoms with Crippen LogP contribution in [0.15, 0.2) is 4.60 Å². The van der Waals surface area contributed by atoms with Gasteiger partial charge in [0.05, 0.1) is 6.42 Å². The molecule has 0 amide bonds. The van der Waals surface area contributed by atoms with Crippen LogP contribution in [-0.4, -0.2) is 21.3 Å². The van der Waals surface area contributed by atoms with Crippen molar-refractivity contribution in [3.63, 3.8) is 0 Å². The SMILES string of the molecule is Cc1c(Br)n[nH]c1C(C)CC(=O)O. The Bertz CT molecular complexity index is 322. The second kappa shape index (κ2) is 3.91. The summed E-state index contributed by atoms with van der Waals surface area (Å²) >= 11 is 3.26. The van der Waals surface area contributed by atoms with E-state index in [-0.39, 0.29) is 12.3 Å². The van der Waals surface area contributed by atoms with E-state index in [1.165, 1.54) is 0 Å². The van der Waals surface area contributed by atoms with E-state index in [1.807, 2.05) is 13.8 Å². The first kappa shape index (κ1) is 10.2. The van der Waals surface area contributed by atoms with Crippen molar-refractivity contribution in [1.29, 1.82) is 0 Å². The van der Waals surface area contributed by atoms with Gasteiger partial charge in [0.2, 0.25) is 0 Å². The molecule has 0 aromatic carbocycles. The number of nitrogens with one attached hydrogen (secondary N) is 1. The summed E-state index contributed by atoms with van der Waals surface area (Å²) in [5, 5.41) is 15.4. The van der Waals surface area contributed by atoms with Crippen molar-refractivity contribution in [2.75, 3.05) is 0 Å².